The number of rotatable bonds is 3. The van der Waals surface area contributed by atoms with Gasteiger partial charge in [0.25, 0.3) is 0 Å². The topological polar surface area (TPSA) is 46.5 Å². The van der Waals surface area contributed by atoms with Crippen LogP contribution in [0.1, 0.15) is 72.1 Å². The summed E-state index contributed by atoms with van der Waals surface area (Å²) in [5.41, 5.74) is 0.830. The SMILES string of the molecule is CC(=O)OCC12C=CC3(CCC4C(C)(CO)CCCC4(C)C3CC1)C2. The summed E-state index contributed by atoms with van der Waals surface area (Å²) in [6.45, 7) is 7.26. The molecular formula is C22H34O3. The zero-order valence-electron chi connectivity index (χ0n) is 16.1. The molecule has 6 atom stereocenters. The fourth-order valence-corrected chi connectivity index (χ4v) is 7.71. The Hall–Kier alpha value is -0.830. The first-order valence-electron chi connectivity index (χ1n) is 10.2. The van der Waals surface area contributed by atoms with E-state index in [1.165, 1.54) is 45.4 Å². The van der Waals surface area contributed by atoms with E-state index >= 15 is 0 Å². The molecule has 4 aliphatic carbocycles. The molecule has 0 radical (unpaired) electrons. The van der Waals surface area contributed by atoms with Gasteiger partial charge in [0, 0.05) is 18.9 Å². The Balaban J connectivity index is 1.62. The van der Waals surface area contributed by atoms with Gasteiger partial charge in [-0.25, -0.2) is 0 Å². The summed E-state index contributed by atoms with van der Waals surface area (Å²) >= 11 is 0. The van der Waals surface area contributed by atoms with Crippen LogP contribution >= 0.6 is 0 Å². The zero-order valence-corrected chi connectivity index (χ0v) is 16.1. The molecular weight excluding hydrogens is 312 g/mol. The van der Waals surface area contributed by atoms with E-state index in [1.54, 1.807) is 0 Å². The fourth-order valence-electron chi connectivity index (χ4n) is 7.71. The van der Waals surface area contributed by atoms with Crippen LogP contribution in [0.15, 0.2) is 12.2 Å². The lowest BCUT2D eigenvalue weighted by Gasteiger charge is -2.64. The summed E-state index contributed by atoms with van der Waals surface area (Å²) in [5, 5.41) is 10.1. The fraction of sp³-hybridized carbons (Fsp3) is 0.864. The minimum Gasteiger partial charge on any atom is -0.465 e. The van der Waals surface area contributed by atoms with E-state index in [2.05, 4.69) is 26.0 Å². The molecule has 0 amide bonds. The van der Waals surface area contributed by atoms with E-state index in [0.717, 1.165) is 12.8 Å². The van der Waals surface area contributed by atoms with Gasteiger partial charge in [0.05, 0.1) is 0 Å². The second-order valence-electron chi connectivity index (χ2n) is 10.2. The van der Waals surface area contributed by atoms with Crippen molar-refractivity contribution in [3.63, 3.8) is 0 Å². The van der Waals surface area contributed by atoms with Gasteiger partial charge < -0.3 is 9.84 Å². The van der Waals surface area contributed by atoms with E-state index in [9.17, 15) is 9.90 Å². The summed E-state index contributed by atoms with van der Waals surface area (Å²) in [7, 11) is 0. The Bertz CT molecular complexity index is 598. The lowest BCUT2D eigenvalue weighted by atomic mass is 9.40. The molecule has 4 rings (SSSR count). The van der Waals surface area contributed by atoms with Gasteiger partial charge in [-0.3, -0.25) is 4.79 Å². The maximum atomic E-state index is 11.3. The van der Waals surface area contributed by atoms with Gasteiger partial charge in [0.1, 0.15) is 6.61 Å². The molecule has 4 aliphatic rings. The molecule has 6 unspecified atom stereocenters. The van der Waals surface area contributed by atoms with E-state index in [-0.39, 0.29) is 16.8 Å². The highest BCUT2D eigenvalue weighted by Crippen LogP contribution is 2.71. The number of carbonyl (C=O) groups is 1. The Morgan fingerprint density at radius 2 is 1.88 bits per heavy atom. The quantitative estimate of drug-likeness (QED) is 0.605. The van der Waals surface area contributed by atoms with Crippen molar-refractivity contribution < 1.29 is 14.6 Å². The monoisotopic (exact) mass is 346 g/mol. The van der Waals surface area contributed by atoms with Crippen LogP contribution < -0.4 is 0 Å². The molecule has 0 aromatic heterocycles. The number of allylic oxidation sites excluding steroid dienone is 1. The first-order chi connectivity index (χ1) is 11.8. The van der Waals surface area contributed by atoms with Crippen molar-refractivity contribution in [2.24, 2.45) is 33.5 Å². The highest BCUT2D eigenvalue weighted by atomic mass is 16.5. The van der Waals surface area contributed by atoms with E-state index in [1.807, 2.05) is 0 Å². The molecule has 3 nitrogen and oxygen atoms in total. The van der Waals surface area contributed by atoms with Crippen molar-refractivity contribution in [1.29, 1.82) is 0 Å². The molecule has 140 valence electrons. The van der Waals surface area contributed by atoms with E-state index < -0.39 is 0 Å². The Labute approximate surface area is 152 Å². The Morgan fingerprint density at radius 1 is 1.12 bits per heavy atom. The number of carbonyl (C=O) groups excluding carboxylic acids is 1. The van der Waals surface area contributed by atoms with Crippen LogP contribution in [0.3, 0.4) is 0 Å². The van der Waals surface area contributed by atoms with E-state index in [4.69, 9.17) is 4.74 Å². The summed E-state index contributed by atoms with van der Waals surface area (Å²) in [6, 6.07) is 0. The molecule has 3 heteroatoms. The average molecular weight is 347 g/mol. The number of aliphatic hydroxyl groups is 1. The van der Waals surface area contributed by atoms with Crippen LogP contribution in [0.25, 0.3) is 0 Å². The molecule has 2 bridgehead atoms. The first-order valence-corrected chi connectivity index (χ1v) is 10.2. The van der Waals surface area contributed by atoms with Gasteiger partial charge in [0.2, 0.25) is 0 Å². The molecule has 0 saturated heterocycles. The van der Waals surface area contributed by atoms with Crippen molar-refractivity contribution in [2.45, 2.75) is 72.1 Å². The zero-order chi connectivity index (χ0) is 17.9. The van der Waals surface area contributed by atoms with Crippen LogP contribution in [0.2, 0.25) is 0 Å². The van der Waals surface area contributed by atoms with Crippen molar-refractivity contribution in [2.75, 3.05) is 13.2 Å². The van der Waals surface area contributed by atoms with Crippen LogP contribution in [-0.4, -0.2) is 24.3 Å². The van der Waals surface area contributed by atoms with Crippen molar-refractivity contribution in [3.05, 3.63) is 12.2 Å². The number of hydrogen-bond donors (Lipinski definition) is 1. The number of esters is 1. The third-order valence-electron chi connectivity index (χ3n) is 8.79. The predicted octanol–water partition coefficient (Wildman–Crippen LogP) is 4.49. The van der Waals surface area contributed by atoms with Crippen molar-refractivity contribution in [3.8, 4) is 0 Å². The maximum Gasteiger partial charge on any atom is 0.302 e. The average Bonchev–Trinajstić information content (AvgIpc) is 2.84. The number of ether oxygens (including phenoxy) is 1. The van der Waals surface area contributed by atoms with E-state index in [0.29, 0.717) is 35.9 Å². The van der Waals surface area contributed by atoms with Gasteiger partial charge in [-0.15, -0.1) is 0 Å². The molecule has 0 aliphatic heterocycles. The second-order valence-corrected chi connectivity index (χ2v) is 10.2. The molecule has 25 heavy (non-hydrogen) atoms. The van der Waals surface area contributed by atoms with Crippen LogP contribution in [-0.2, 0) is 9.53 Å². The molecule has 1 spiro atoms. The summed E-state index contributed by atoms with van der Waals surface area (Å²) < 4.78 is 5.44. The van der Waals surface area contributed by atoms with Crippen LogP contribution in [0.5, 0.6) is 0 Å². The smallest absolute Gasteiger partial charge is 0.302 e. The van der Waals surface area contributed by atoms with Gasteiger partial charge in [-0.05, 0) is 73.0 Å². The van der Waals surface area contributed by atoms with Crippen LogP contribution in [0, 0.1) is 33.5 Å². The first kappa shape index (κ1) is 17.6. The maximum absolute atomic E-state index is 11.3. The molecule has 3 fully saturated rings. The third-order valence-corrected chi connectivity index (χ3v) is 8.79. The number of hydrogen-bond acceptors (Lipinski definition) is 3. The van der Waals surface area contributed by atoms with Crippen LogP contribution in [0.4, 0.5) is 0 Å². The van der Waals surface area contributed by atoms with Crippen molar-refractivity contribution in [1.82, 2.24) is 0 Å². The third kappa shape index (κ3) is 2.44. The molecule has 0 heterocycles. The van der Waals surface area contributed by atoms with Gasteiger partial charge >= 0.3 is 5.97 Å². The minimum atomic E-state index is -0.160. The molecule has 1 N–H and O–H groups in total. The predicted molar refractivity (Wildman–Crippen MR) is 97.9 cm³/mol. The summed E-state index contributed by atoms with van der Waals surface area (Å²) in [6.07, 6.45) is 14.7. The largest absolute Gasteiger partial charge is 0.465 e. The number of aliphatic hydroxyl groups excluding tert-OH is 1. The highest BCUT2D eigenvalue weighted by Gasteiger charge is 2.64. The van der Waals surface area contributed by atoms with Gasteiger partial charge in [0.15, 0.2) is 0 Å². The standard InChI is InChI=1S/C22H34O3/c1-16(24)25-15-21-9-5-18-20(3)8-4-7-19(2,14-23)17(20)6-10-22(18,13-21)12-11-21/h11-12,17-18,23H,4-10,13-15H2,1-3H3. The summed E-state index contributed by atoms with van der Waals surface area (Å²) in [4.78, 5) is 11.3. The molecule has 3 saturated carbocycles. The van der Waals surface area contributed by atoms with Gasteiger partial charge in [-0.1, -0.05) is 32.4 Å². The second kappa shape index (κ2) is 5.58. The molecule has 0 aromatic rings. The normalized spacial score (nSPS) is 50.9. The summed E-state index contributed by atoms with van der Waals surface area (Å²) in [5.74, 6) is 1.20. The lowest BCUT2D eigenvalue weighted by molar-refractivity contribution is -0.163. The Morgan fingerprint density at radius 3 is 2.60 bits per heavy atom. The lowest BCUT2D eigenvalue weighted by Crippen LogP contribution is -2.58. The Kier molecular flexibility index (Phi) is 3.92. The van der Waals surface area contributed by atoms with Gasteiger partial charge in [-0.2, -0.15) is 0 Å². The minimum absolute atomic E-state index is 0.0836. The highest BCUT2D eigenvalue weighted by molar-refractivity contribution is 5.66. The molecule has 0 aromatic carbocycles. The number of fused-ring (bicyclic) bond motifs is 3. The van der Waals surface area contributed by atoms with Crippen molar-refractivity contribution >= 4 is 5.97 Å².